The van der Waals surface area contributed by atoms with Gasteiger partial charge >= 0.3 is 5.97 Å². The molecule has 0 fully saturated rings. The lowest BCUT2D eigenvalue weighted by Gasteiger charge is -2.11. The largest absolute Gasteiger partial charge is 0.491 e. The van der Waals surface area contributed by atoms with Gasteiger partial charge in [0.25, 0.3) is 5.91 Å². The molecule has 0 saturated carbocycles. The Hall–Kier alpha value is -2.04. The lowest BCUT2D eigenvalue weighted by atomic mass is 10.2. The molecule has 98 valence electrons. The van der Waals surface area contributed by atoms with Crippen LogP contribution in [0.25, 0.3) is 0 Å². The van der Waals surface area contributed by atoms with Crippen molar-refractivity contribution >= 4 is 11.9 Å². The molecule has 0 aliphatic rings. The molecule has 1 atom stereocenters. The van der Waals surface area contributed by atoms with Crippen LogP contribution in [-0.4, -0.2) is 24.1 Å². The molecule has 2 N–H and O–H groups in total. The summed E-state index contributed by atoms with van der Waals surface area (Å²) >= 11 is 0. The molecule has 1 rings (SSSR count). The third-order valence-corrected chi connectivity index (χ3v) is 2.15. The lowest BCUT2D eigenvalue weighted by Crippen LogP contribution is -2.30. The lowest BCUT2D eigenvalue weighted by molar-refractivity contribution is -0.125. The quantitative estimate of drug-likeness (QED) is 0.804. The Morgan fingerprint density at radius 2 is 1.67 bits per heavy atom. The number of nitrogens with two attached hydrogens (primary N) is 1. The van der Waals surface area contributed by atoms with Crippen LogP contribution in [0.15, 0.2) is 24.3 Å². The molecule has 1 aromatic carbocycles. The first-order valence-electron chi connectivity index (χ1n) is 5.67. The topological polar surface area (TPSA) is 78.6 Å². The minimum Gasteiger partial charge on any atom is -0.491 e. The van der Waals surface area contributed by atoms with Gasteiger partial charge in [0, 0.05) is 0 Å². The van der Waals surface area contributed by atoms with Crippen molar-refractivity contribution in [3.8, 4) is 5.75 Å². The number of carbonyl (C=O) groups is 2. The molecule has 0 radical (unpaired) electrons. The van der Waals surface area contributed by atoms with Gasteiger partial charge in [-0.2, -0.15) is 0 Å². The number of ether oxygens (including phenoxy) is 2. The third kappa shape index (κ3) is 4.08. The van der Waals surface area contributed by atoms with E-state index in [2.05, 4.69) is 0 Å². The Bertz CT molecular complexity index is 425. The van der Waals surface area contributed by atoms with Gasteiger partial charge in [0.2, 0.25) is 0 Å². The van der Waals surface area contributed by atoms with Crippen LogP contribution >= 0.6 is 0 Å². The van der Waals surface area contributed by atoms with Gasteiger partial charge < -0.3 is 15.2 Å². The van der Waals surface area contributed by atoms with Gasteiger partial charge in [-0.3, -0.25) is 4.79 Å². The Labute approximate surface area is 106 Å². The number of primary amides is 1. The summed E-state index contributed by atoms with van der Waals surface area (Å²) in [5.41, 5.74) is 5.35. The van der Waals surface area contributed by atoms with Crippen LogP contribution in [0.5, 0.6) is 5.75 Å². The van der Waals surface area contributed by atoms with Crippen LogP contribution in [-0.2, 0) is 9.53 Å². The number of benzene rings is 1. The maximum Gasteiger partial charge on any atom is 0.338 e. The van der Waals surface area contributed by atoms with E-state index in [1.807, 2.05) is 13.8 Å². The van der Waals surface area contributed by atoms with Crippen molar-refractivity contribution in [2.45, 2.75) is 33.0 Å². The van der Waals surface area contributed by atoms with E-state index in [0.29, 0.717) is 11.3 Å². The molecule has 1 aromatic rings. The van der Waals surface area contributed by atoms with Crippen molar-refractivity contribution < 1.29 is 19.1 Å². The van der Waals surface area contributed by atoms with Crippen LogP contribution < -0.4 is 10.5 Å². The number of hydrogen-bond acceptors (Lipinski definition) is 4. The smallest absolute Gasteiger partial charge is 0.338 e. The Morgan fingerprint density at radius 3 is 2.11 bits per heavy atom. The Kier molecular flexibility index (Phi) is 4.71. The van der Waals surface area contributed by atoms with Gasteiger partial charge in [-0.1, -0.05) is 0 Å². The summed E-state index contributed by atoms with van der Waals surface area (Å²) in [5, 5.41) is 0. The number of rotatable bonds is 5. The maximum absolute atomic E-state index is 11.6. The monoisotopic (exact) mass is 251 g/mol. The van der Waals surface area contributed by atoms with Gasteiger partial charge in [0.15, 0.2) is 6.10 Å². The van der Waals surface area contributed by atoms with E-state index in [1.165, 1.54) is 6.92 Å². The van der Waals surface area contributed by atoms with E-state index in [9.17, 15) is 9.59 Å². The second-order valence-electron chi connectivity index (χ2n) is 4.14. The fraction of sp³-hybridized carbons (Fsp3) is 0.385. The summed E-state index contributed by atoms with van der Waals surface area (Å²) in [6, 6.07) is 6.50. The molecule has 0 spiro atoms. The second-order valence-corrected chi connectivity index (χ2v) is 4.14. The molecular weight excluding hydrogens is 234 g/mol. The van der Waals surface area contributed by atoms with Crippen molar-refractivity contribution in [3.63, 3.8) is 0 Å². The predicted octanol–water partition coefficient (Wildman–Crippen LogP) is 1.50. The average molecular weight is 251 g/mol. The van der Waals surface area contributed by atoms with Crippen LogP contribution in [0.1, 0.15) is 31.1 Å². The highest BCUT2D eigenvalue weighted by atomic mass is 16.5. The van der Waals surface area contributed by atoms with E-state index < -0.39 is 18.0 Å². The number of amides is 1. The highest BCUT2D eigenvalue weighted by molar-refractivity contribution is 5.92. The molecule has 0 aromatic heterocycles. The molecular formula is C13H17NO4. The zero-order valence-corrected chi connectivity index (χ0v) is 10.7. The molecule has 1 unspecified atom stereocenters. The summed E-state index contributed by atoms with van der Waals surface area (Å²) in [6.07, 6.45) is -0.873. The molecule has 18 heavy (non-hydrogen) atoms. The molecule has 0 heterocycles. The second kappa shape index (κ2) is 6.05. The first-order valence-corrected chi connectivity index (χ1v) is 5.67. The van der Waals surface area contributed by atoms with E-state index in [0.717, 1.165) is 0 Å². The third-order valence-electron chi connectivity index (χ3n) is 2.15. The van der Waals surface area contributed by atoms with Crippen molar-refractivity contribution in [1.82, 2.24) is 0 Å². The van der Waals surface area contributed by atoms with E-state index in [1.54, 1.807) is 24.3 Å². The van der Waals surface area contributed by atoms with Crippen LogP contribution in [0, 0.1) is 0 Å². The molecule has 0 aliphatic heterocycles. The normalized spacial score (nSPS) is 12.0. The van der Waals surface area contributed by atoms with Gasteiger partial charge in [-0.15, -0.1) is 0 Å². The van der Waals surface area contributed by atoms with E-state index >= 15 is 0 Å². The summed E-state index contributed by atoms with van der Waals surface area (Å²) in [6.45, 7) is 5.25. The highest BCUT2D eigenvalue weighted by Crippen LogP contribution is 2.14. The summed E-state index contributed by atoms with van der Waals surface area (Å²) in [7, 11) is 0. The van der Waals surface area contributed by atoms with Gasteiger partial charge in [-0.25, -0.2) is 4.79 Å². The summed E-state index contributed by atoms with van der Waals surface area (Å²) < 4.78 is 10.3. The summed E-state index contributed by atoms with van der Waals surface area (Å²) in [5.74, 6) is -0.593. The Morgan fingerprint density at radius 1 is 1.11 bits per heavy atom. The molecule has 5 heteroatoms. The van der Waals surface area contributed by atoms with Crippen molar-refractivity contribution in [2.75, 3.05) is 0 Å². The van der Waals surface area contributed by atoms with Crippen LogP contribution in [0.4, 0.5) is 0 Å². The average Bonchev–Trinajstić information content (AvgIpc) is 2.28. The zero-order valence-electron chi connectivity index (χ0n) is 10.7. The van der Waals surface area contributed by atoms with Crippen molar-refractivity contribution in [2.24, 2.45) is 5.73 Å². The van der Waals surface area contributed by atoms with Crippen molar-refractivity contribution in [3.05, 3.63) is 29.8 Å². The van der Waals surface area contributed by atoms with Gasteiger partial charge in [0.05, 0.1) is 11.7 Å². The summed E-state index contributed by atoms with van der Waals surface area (Å²) in [4.78, 5) is 22.4. The van der Waals surface area contributed by atoms with Crippen molar-refractivity contribution in [1.29, 1.82) is 0 Å². The number of carbonyl (C=O) groups excluding carboxylic acids is 2. The molecule has 0 bridgehead atoms. The first kappa shape index (κ1) is 14.0. The molecule has 0 aliphatic carbocycles. The fourth-order valence-electron chi connectivity index (χ4n) is 1.23. The highest BCUT2D eigenvalue weighted by Gasteiger charge is 2.16. The first-order chi connectivity index (χ1) is 8.40. The van der Waals surface area contributed by atoms with Crippen LogP contribution in [0.2, 0.25) is 0 Å². The van der Waals surface area contributed by atoms with Crippen LogP contribution in [0.3, 0.4) is 0 Å². The Balaban J connectivity index is 2.67. The molecule has 1 amide bonds. The van der Waals surface area contributed by atoms with Gasteiger partial charge in [-0.05, 0) is 45.0 Å². The number of hydrogen-bond donors (Lipinski definition) is 1. The standard InChI is InChI=1S/C13H17NO4/c1-8(2)17-11-6-4-10(5-7-11)13(16)18-9(3)12(14)15/h4-9H,1-3H3,(H2,14,15). The minimum atomic E-state index is -0.941. The predicted molar refractivity (Wildman–Crippen MR) is 66.3 cm³/mol. The number of esters is 1. The van der Waals surface area contributed by atoms with Gasteiger partial charge in [0.1, 0.15) is 5.75 Å². The zero-order chi connectivity index (χ0) is 13.7. The van der Waals surface area contributed by atoms with E-state index in [4.69, 9.17) is 15.2 Å². The fourth-order valence-corrected chi connectivity index (χ4v) is 1.23. The minimum absolute atomic E-state index is 0.0673. The molecule has 5 nitrogen and oxygen atoms in total. The maximum atomic E-state index is 11.6. The van der Waals surface area contributed by atoms with E-state index in [-0.39, 0.29) is 6.10 Å². The molecule has 0 saturated heterocycles. The SMILES string of the molecule is CC(C)Oc1ccc(C(=O)OC(C)C(N)=O)cc1.